The zero-order valence-electron chi connectivity index (χ0n) is 21.2. The van der Waals surface area contributed by atoms with Crippen LogP contribution in [0.2, 0.25) is 0 Å². The molecule has 2 aromatic heterocycles. The first-order valence-corrected chi connectivity index (χ1v) is 15.3. The van der Waals surface area contributed by atoms with E-state index in [1.165, 1.54) is 27.8 Å². The highest BCUT2D eigenvalue weighted by Crippen LogP contribution is 2.42. The van der Waals surface area contributed by atoms with Crippen LogP contribution < -0.4 is 5.32 Å². The first-order valence-electron chi connectivity index (χ1n) is 12.5. The van der Waals surface area contributed by atoms with Crippen LogP contribution >= 0.6 is 34.9 Å². The SMILES string of the molecule is CC1(C)Cc2c(sc3nc(SCc4ccccc4)nc(SCC(=O)Nc4cccc5ccccc45)c23)CO1. The number of carbonyl (C=O) groups excluding carboxylic acids is 1. The van der Waals surface area contributed by atoms with Crippen LogP contribution in [0.1, 0.15) is 29.9 Å². The summed E-state index contributed by atoms with van der Waals surface area (Å²) >= 11 is 4.80. The highest BCUT2D eigenvalue weighted by molar-refractivity contribution is 8.00. The lowest BCUT2D eigenvalue weighted by atomic mass is 9.95. The summed E-state index contributed by atoms with van der Waals surface area (Å²) in [6, 6.07) is 24.4. The van der Waals surface area contributed by atoms with Crippen molar-refractivity contribution in [1.82, 2.24) is 9.97 Å². The molecular formula is C30H27N3O2S3. The molecular weight excluding hydrogens is 531 g/mol. The van der Waals surface area contributed by atoms with Crippen LogP contribution in [0.3, 0.4) is 0 Å². The molecule has 0 saturated carbocycles. The van der Waals surface area contributed by atoms with Gasteiger partial charge in [0.15, 0.2) is 5.16 Å². The smallest absolute Gasteiger partial charge is 0.234 e. The molecule has 8 heteroatoms. The normalized spacial score (nSPS) is 14.5. The predicted octanol–water partition coefficient (Wildman–Crippen LogP) is 7.72. The number of aromatic nitrogens is 2. The summed E-state index contributed by atoms with van der Waals surface area (Å²) in [6.45, 7) is 4.82. The Morgan fingerprint density at radius 2 is 1.79 bits per heavy atom. The Hall–Kier alpha value is -2.91. The Labute approximate surface area is 234 Å². The molecule has 6 rings (SSSR count). The van der Waals surface area contributed by atoms with Gasteiger partial charge in [0.2, 0.25) is 5.91 Å². The van der Waals surface area contributed by atoms with Crippen LogP contribution in [-0.4, -0.2) is 27.2 Å². The molecule has 0 unspecified atom stereocenters. The summed E-state index contributed by atoms with van der Waals surface area (Å²) in [7, 11) is 0. The maximum atomic E-state index is 13.1. The van der Waals surface area contributed by atoms with Gasteiger partial charge in [0.1, 0.15) is 9.86 Å². The Morgan fingerprint density at radius 3 is 2.66 bits per heavy atom. The quantitative estimate of drug-likeness (QED) is 0.126. The molecule has 1 aliphatic rings. The largest absolute Gasteiger partial charge is 0.370 e. The van der Waals surface area contributed by atoms with Crippen molar-refractivity contribution in [3.8, 4) is 0 Å². The van der Waals surface area contributed by atoms with Gasteiger partial charge in [-0.1, -0.05) is 90.3 Å². The molecule has 0 atom stereocenters. The maximum Gasteiger partial charge on any atom is 0.234 e. The van der Waals surface area contributed by atoms with Gasteiger partial charge < -0.3 is 10.1 Å². The van der Waals surface area contributed by atoms with Crippen LogP contribution in [0.25, 0.3) is 21.0 Å². The van der Waals surface area contributed by atoms with Gasteiger partial charge in [-0.25, -0.2) is 9.97 Å². The minimum atomic E-state index is -0.241. The van der Waals surface area contributed by atoms with Crippen LogP contribution in [0.5, 0.6) is 0 Å². The zero-order valence-corrected chi connectivity index (χ0v) is 23.6. The molecule has 5 aromatic rings. The number of anilines is 1. The predicted molar refractivity (Wildman–Crippen MR) is 159 cm³/mol. The van der Waals surface area contributed by atoms with Crippen molar-refractivity contribution in [1.29, 1.82) is 0 Å². The fourth-order valence-corrected chi connectivity index (χ4v) is 7.58. The van der Waals surface area contributed by atoms with Crippen LogP contribution in [0, 0.1) is 0 Å². The minimum Gasteiger partial charge on any atom is -0.370 e. The van der Waals surface area contributed by atoms with E-state index in [1.807, 2.05) is 48.5 Å². The summed E-state index contributed by atoms with van der Waals surface area (Å²) < 4.78 is 6.08. The molecule has 1 N–H and O–H groups in total. The van der Waals surface area contributed by atoms with Crippen molar-refractivity contribution in [3.05, 3.63) is 88.8 Å². The highest BCUT2D eigenvalue weighted by atomic mass is 32.2. The number of rotatable bonds is 7. The molecule has 0 bridgehead atoms. The number of hydrogen-bond donors (Lipinski definition) is 1. The molecule has 5 nitrogen and oxygen atoms in total. The van der Waals surface area contributed by atoms with Crippen molar-refractivity contribution in [2.24, 2.45) is 0 Å². The van der Waals surface area contributed by atoms with E-state index in [2.05, 4.69) is 43.4 Å². The summed E-state index contributed by atoms with van der Waals surface area (Å²) in [5.41, 5.74) is 3.07. The number of hydrogen-bond acceptors (Lipinski definition) is 7. The summed E-state index contributed by atoms with van der Waals surface area (Å²) in [6.07, 6.45) is 0.804. The highest BCUT2D eigenvalue weighted by Gasteiger charge is 2.31. The molecule has 3 heterocycles. The number of amides is 1. The molecule has 3 aromatic carbocycles. The van der Waals surface area contributed by atoms with E-state index in [0.717, 1.165) is 49.0 Å². The second-order valence-corrected chi connectivity index (χ2v) is 12.8. The molecule has 0 radical (unpaired) electrons. The van der Waals surface area contributed by atoms with E-state index in [9.17, 15) is 4.79 Å². The molecule has 0 saturated heterocycles. The van der Waals surface area contributed by atoms with Gasteiger partial charge in [0.25, 0.3) is 0 Å². The Balaban J connectivity index is 1.28. The lowest BCUT2D eigenvalue weighted by Crippen LogP contribution is -2.31. The summed E-state index contributed by atoms with van der Waals surface area (Å²) in [5.74, 6) is 1.01. The van der Waals surface area contributed by atoms with Crippen LogP contribution in [0.4, 0.5) is 5.69 Å². The van der Waals surface area contributed by atoms with Gasteiger partial charge in [-0.05, 0) is 36.4 Å². The Morgan fingerprint density at radius 1 is 1.00 bits per heavy atom. The molecule has 192 valence electrons. The van der Waals surface area contributed by atoms with E-state index in [1.54, 1.807) is 23.1 Å². The molecule has 1 amide bonds. The van der Waals surface area contributed by atoms with Gasteiger partial charge >= 0.3 is 0 Å². The van der Waals surface area contributed by atoms with Crippen molar-refractivity contribution < 1.29 is 9.53 Å². The average Bonchev–Trinajstić information content (AvgIpc) is 3.28. The Bertz CT molecular complexity index is 1630. The van der Waals surface area contributed by atoms with Crippen molar-refractivity contribution in [3.63, 3.8) is 0 Å². The maximum absolute atomic E-state index is 13.1. The van der Waals surface area contributed by atoms with E-state index >= 15 is 0 Å². The van der Waals surface area contributed by atoms with E-state index < -0.39 is 0 Å². The van der Waals surface area contributed by atoms with E-state index in [0.29, 0.717) is 6.61 Å². The summed E-state index contributed by atoms with van der Waals surface area (Å²) in [5, 5.41) is 7.92. The monoisotopic (exact) mass is 557 g/mol. The van der Waals surface area contributed by atoms with Crippen LogP contribution in [-0.2, 0) is 28.3 Å². The number of nitrogens with zero attached hydrogens (tertiary/aromatic N) is 2. The molecule has 1 aliphatic heterocycles. The number of carbonyl (C=O) groups is 1. The van der Waals surface area contributed by atoms with Crippen LogP contribution in [0.15, 0.2) is 83.0 Å². The number of nitrogens with one attached hydrogen (secondary N) is 1. The summed E-state index contributed by atoms with van der Waals surface area (Å²) in [4.78, 5) is 25.2. The fraction of sp³-hybridized carbons (Fsp3) is 0.233. The number of thioether (sulfide) groups is 2. The molecule has 0 fully saturated rings. The second-order valence-electron chi connectivity index (χ2n) is 9.86. The van der Waals surface area contributed by atoms with E-state index in [-0.39, 0.29) is 17.3 Å². The van der Waals surface area contributed by atoms with Gasteiger partial charge in [-0.3, -0.25) is 4.79 Å². The zero-order chi connectivity index (χ0) is 26.1. The third-order valence-corrected chi connectivity index (χ3v) is 9.48. The third-order valence-electron chi connectivity index (χ3n) is 6.49. The standard InChI is InChI=1S/C30H27N3O2S3/c1-30(2)15-22-24(16-35-30)38-28-26(22)27(32-29(33-28)37-17-19-9-4-3-5-10-19)36-18-25(34)31-23-14-8-12-20-11-6-7-13-21(20)23/h3-14H,15-18H2,1-2H3,(H,31,34). The van der Waals surface area contributed by atoms with Crippen molar-refractivity contribution in [2.75, 3.05) is 11.1 Å². The van der Waals surface area contributed by atoms with Crippen molar-refractivity contribution in [2.45, 2.75) is 48.4 Å². The number of fused-ring (bicyclic) bond motifs is 4. The lowest BCUT2D eigenvalue weighted by Gasteiger charge is -2.30. The van der Waals surface area contributed by atoms with Gasteiger partial charge in [-0.15, -0.1) is 11.3 Å². The number of thiophene rings is 1. The topological polar surface area (TPSA) is 64.1 Å². The third kappa shape index (κ3) is 5.45. The first-order chi connectivity index (χ1) is 18.4. The Kier molecular flexibility index (Phi) is 7.14. The minimum absolute atomic E-state index is 0.0515. The van der Waals surface area contributed by atoms with Gasteiger partial charge in [-0.2, -0.15) is 0 Å². The fourth-order valence-electron chi connectivity index (χ4n) is 4.64. The lowest BCUT2D eigenvalue weighted by molar-refractivity contribution is -0.113. The van der Waals surface area contributed by atoms with Gasteiger partial charge in [0, 0.05) is 33.5 Å². The first kappa shape index (κ1) is 25.4. The van der Waals surface area contributed by atoms with Gasteiger partial charge in [0.05, 0.1) is 18.0 Å². The molecule has 0 aliphatic carbocycles. The molecule has 38 heavy (non-hydrogen) atoms. The van der Waals surface area contributed by atoms with Crippen molar-refractivity contribution >= 4 is 67.4 Å². The molecule has 0 spiro atoms. The second kappa shape index (κ2) is 10.7. The number of benzene rings is 3. The number of ether oxygens (including phenoxy) is 1. The van der Waals surface area contributed by atoms with E-state index in [4.69, 9.17) is 14.7 Å². The average molecular weight is 558 g/mol.